The summed E-state index contributed by atoms with van der Waals surface area (Å²) in [5.74, 6) is -1.17. The number of nitrogens with zero attached hydrogens (tertiary/aromatic N) is 1. The van der Waals surface area contributed by atoms with Crippen molar-refractivity contribution in [3.63, 3.8) is 0 Å². The smallest absolute Gasteiger partial charge is 0.300 e. The van der Waals surface area contributed by atoms with E-state index in [2.05, 4.69) is 0 Å². The molecule has 2 aliphatic heterocycles. The molecule has 0 saturated carbocycles. The molecule has 0 bridgehead atoms. The molecule has 32 heavy (non-hydrogen) atoms. The van der Waals surface area contributed by atoms with Gasteiger partial charge >= 0.3 is 0 Å². The normalized spacial score (nSPS) is 18.9. The van der Waals surface area contributed by atoms with Crippen LogP contribution in [0.5, 0.6) is 17.2 Å². The van der Waals surface area contributed by atoms with Crippen molar-refractivity contribution < 1.29 is 29.3 Å². The van der Waals surface area contributed by atoms with Crippen LogP contribution in [0.1, 0.15) is 22.7 Å². The summed E-state index contributed by atoms with van der Waals surface area (Å²) in [5, 5.41) is 21.6. The molecule has 3 aromatic rings. The SMILES string of the molecule is Cc1cccc(C2/C(=C(/O)c3ccc4c(c3)OCO4)C(=O)C(=O)N2c2ccccc2O)c1. The third-order valence-corrected chi connectivity index (χ3v) is 5.59. The minimum absolute atomic E-state index is 0.0669. The van der Waals surface area contributed by atoms with Crippen LogP contribution in [0.15, 0.2) is 72.3 Å². The molecule has 1 fully saturated rings. The molecule has 2 aliphatic rings. The van der Waals surface area contributed by atoms with Gasteiger partial charge in [0.1, 0.15) is 11.5 Å². The molecular formula is C25H19NO6. The van der Waals surface area contributed by atoms with Gasteiger partial charge in [0.15, 0.2) is 11.5 Å². The first kappa shape index (κ1) is 19.7. The fraction of sp³-hybridized carbons (Fsp3) is 0.120. The van der Waals surface area contributed by atoms with Gasteiger partial charge in [-0.3, -0.25) is 14.5 Å². The van der Waals surface area contributed by atoms with E-state index in [1.165, 1.54) is 11.0 Å². The number of ketones is 1. The van der Waals surface area contributed by atoms with Crippen LogP contribution in [-0.4, -0.2) is 28.7 Å². The Balaban J connectivity index is 1.73. The summed E-state index contributed by atoms with van der Waals surface area (Å²) < 4.78 is 10.7. The molecule has 1 saturated heterocycles. The maximum Gasteiger partial charge on any atom is 0.300 e. The van der Waals surface area contributed by atoms with E-state index in [4.69, 9.17) is 9.47 Å². The highest BCUT2D eigenvalue weighted by atomic mass is 16.7. The molecule has 0 spiro atoms. The lowest BCUT2D eigenvalue weighted by Gasteiger charge is -2.26. The van der Waals surface area contributed by atoms with Crippen LogP contribution in [-0.2, 0) is 9.59 Å². The minimum Gasteiger partial charge on any atom is -0.507 e. The van der Waals surface area contributed by atoms with Crippen molar-refractivity contribution in [2.75, 3.05) is 11.7 Å². The molecule has 0 aromatic heterocycles. The lowest BCUT2D eigenvalue weighted by Crippen LogP contribution is -2.29. The quantitative estimate of drug-likeness (QED) is 0.370. The van der Waals surface area contributed by atoms with E-state index in [1.54, 1.807) is 42.5 Å². The van der Waals surface area contributed by atoms with Crippen LogP contribution in [0.2, 0.25) is 0 Å². The van der Waals surface area contributed by atoms with Gasteiger partial charge in [-0.05, 0) is 42.8 Å². The average molecular weight is 429 g/mol. The highest BCUT2D eigenvalue weighted by molar-refractivity contribution is 6.51. The zero-order valence-corrected chi connectivity index (χ0v) is 17.1. The Morgan fingerprint density at radius 3 is 2.53 bits per heavy atom. The molecule has 160 valence electrons. The molecule has 0 aliphatic carbocycles. The lowest BCUT2D eigenvalue weighted by molar-refractivity contribution is -0.132. The maximum absolute atomic E-state index is 13.2. The minimum atomic E-state index is -0.923. The number of hydrogen-bond donors (Lipinski definition) is 2. The zero-order valence-electron chi connectivity index (χ0n) is 17.1. The van der Waals surface area contributed by atoms with E-state index in [-0.39, 0.29) is 29.6 Å². The number of aliphatic hydroxyl groups is 1. The van der Waals surface area contributed by atoms with Crippen molar-refractivity contribution >= 4 is 23.1 Å². The number of anilines is 1. The molecule has 2 heterocycles. The van der Waals surface area contributed by atoms with Crippen LogP contribution in [0.4, 0.5) is 5.69 Å². The van der Waals surface area contributed by atoms with E-state index in [9.17, 15) is 19.8 Å². The molecule has 1 amide bonds. The fourth-order valence-electron chi connectivity index (χ4n) is 4.10. The number of aromatic hydroxyl groups is 1. The number of aliphatic hydroxyl groups excluding tert-OH is 1. The zero-order chi connectivity index (χ0) is 22.4. The summed E-state index contributed by atoms with van der Waals surface area (Å²) in [6, 6.07) is 17.5. The highest BCUT2D eigenvalue weighted by Gasteiger charge is 2.47. The first-order valence-electron chi connectivity index (χ1n) is 10.0. The predicted molar refractivity (Wildman–Crippen MR) is 117 cm³/mol. The molecule has 0 radical (unpaired) electrons. The number of para-hydroxylation sites is 2. The van der Waals surface area contributed by atoms with Crippen LogP contribution >= 0.6 is 0 Å². The van der Waals surface area contributed by atoms with Crippen molar-refractivity contribution in [1.29, 1.82) is 0 Å². The number of rotatable bonds is 3. The monoisotopic (exact) mass is 429 g/mol. The van der Waals surface area contributed by atoms with E-state index < -0.39 is 17.7 Å². The largest absolute Gasteiger partial charge is 0.507 e. The number of carbonyl (C=O) groups is 2. The van der Waals surface area contributed by atoms with E-state index in [0.29, 0.717) is 22.6 Å². The Bertz CT molecular complexity index is 1300. The summed E-state index contributed by atoms with van der Waals surface area (Å²) in [4.78, 5) is 27.5. The number of ether oxygens (including phenoxy) is 2. The van der Waals surface area contributed by atoms with Crippen LogP contribution in [0, 0.1) is 6.92 Å². The second-order valence-electron chi connectivity index (χ2n) is 7.64. The number of fused-ring (bicyclic) bond motifs is 1. The Morgan fingerprint density at radius 1 is 0.969 bits per heavy atom. The molecule has 1 atom stereocenters. The summed E-state index contributed by atoms with van der Waals surface area (Å²) in [5.41, 5.74) is 2.00. The topological polar surface area (TPSA) is 96.3 Å². The van der Waals surface area contributed by atoms with Gasteiger partial charge in [-0.2, -0.15) is 0 Å². The summed E-state index contributed by atoms with van der Waals surface area (Å²) in [7, 11) is 0. The van der Waals surface area contributed by atoms with Crippen LogP contribution in [0.3, 0.4) is 0 Å². The van der Waals surface area contributed by atoms with Crippen molar-refractivity contribution in [1.82, 2.24) is 0 Å². The third kappa shape index (κ3) is 3.06. The molecule has 7 heteroatoms. The molecule has 7 nitrogen and oxygen atoms in total. The lowest BCUT2D eigenvalue weighted by atomic mass is 9.94. The van der Waals surface area contributed by atoms with Crippen LogP contribution < -0.4 is 14.4 Å². The van der Waals surface area contributed by atoms with E-state index in [0.717, 1.165) is 5.56 Å². The second-order valence-corrected chi connectivity index (χ2v) is 7.64. The van der Waals surface area contributed by atoms with Gasteiger partial charge in [0.25, 0.3) is 11.7 Å². The maximum atomic E-state index is 13.2. The number of benzene rings is 3. The first-order chi connectivity index (χ1) is 15.5. The summed E-state index contributed by atoms with van der Waals surface area (Å²) >= 11 is 0. The Morgan fingerprint density at radius 2 is 1.75 bits per heavy atom. The van der Waals surface area contributed by atoms with Gasteiger partial charge in [0, 0.05) is 5.56 Å². The fourth-order valence-corrected chi connectivity index (χ4v) is 4.10. The van der Waals surface area contributed by atoms with Gasteiger partial charge in [0.05, 0.1) is 17.3 Å². The second kappa shape index (κ2) is 7.46. The van der Waals surface area contributed by atoms with Crippen molar-refractivity contribution in [3.05, 3.63) is 89.0 Å². The van der Waals surface area contributed by atoms with Crippen molar-refractivity contribution in [3.8, 4) is 17.2 Å². The molecule has 3 aromatic carbocycles. The van der Waals surface area contributed by atoms with Crippen molar-refractivity contribution in [2.45, 2.75) is 13.0 Å². The van der Waals surface area contributed by atoms with Gasteiger partial charge in [-0.1, -0.05) is 42.0 Å². The number of aryl methyl sites for hydroxylation is 1. The van der Waals surface area contributed by atoms with Crippen LogP contribution in [0.25, 0.3) is 5.76 Å². The third-order valence-electron chi connectivity index (χ3n) is 5.59. The van der Waals surface area contributed by atoms with Gasteiger partial charge in [-0.25, -0.2) is 0 Å². The molecule has 1 unspecified atom stereocenters. The average Bonchev–Trinajstić information content (AvgIpc) is 3.36. The number of phenols is 1. The van der Waals surface area contributed by atoms with Gasteiger partial charge < -0.3 is 19.7 Å². The molecule has 5 rings (SSSR count). The van der Waals surface area contributed by atoms with E-state index >= 15 is 0 Å². The number of Topliss-reactive ketones (excluding diaryl/α,β-unsaturated/α-hetero) is 1. The predicted octanol–water partition coefficient (Wildman–Crippen LogP) is 4.06. The molecule has 2 N–H and O–H groups in total. The number of hydrogen-bond acceptors (Lipinski definition) is 6. The Kier molecular flexibility index (Phi) is 4.59. The van der Waals surface area contributed by atoms with Gasteiger partial charge in [-0.15, -0.1) is 0 Å². The van der Waals surface area contributed by atoms with Gasteiger partial charge in [0.2, 0.25) is 6.79 Å². The summed E-state index contributed by atoms with van der Waals surface area (Å²) in [6.45, 7) is 1.97. The number of carbonyl (C=O) groups excluding carboxylic acids is 2. The molecular weight excluding hydrogens is 410 g/mol. The number of phenolic OH excluding ortho intramolecular Hbond substituents is 1. The highest BCUT2D eigenvalue weighted by Crippen LogP contribution is 2.45. The summed E-state index contributed by atoms with van der Waals surface area (Å²) in [6.07, 6.45) is 0. The Labute approximate surface area is 183 Å². The van der Waals surface area contributed by atoms with E-state index in [1.807, 2.05) is 25.1 Å². The van der Waals surface area contributed by atoms with Crippen molar-refractivity contribution in [2.24, 2.45) is 0 Å². The Hall–Kier alpha value is -4.26. The number of amides is 1. The first-order valence-corrected chi connectivity index (χ1v) is 10.0. The standard InChI is InChI=1S/C25H19NO6/c1-14-5-4-6-15(11-14)22-21(23(28)16-9-10-19-20(12-16)32-13-31-19)24(29)25(30)26(22)17-7-2-3-8-18(17)27/h2-12,22,27-28H,13H2,1H3/b23-21-.